The maximum absolute atomic E-state index is 6.13. The lowest BCUT2D eigenvalue weighted by Gasteiger charge is -2.19. The fraction of sp³-hybridized carbons (Fsp3) is 0.429. The molecule has 0 bridgehead atoms. The maximum Gasteiger partial charge on any atom is 0.171 e. The molecule has 0 unspecified atom stereocenters. The first-order chi connectivity index (χ1) is 10.2. The molecule has 1 aliphatic rings. The summed E-state index contributed by atoms with van der Waals surface area (Å²) in [5.41, 5.74) is 2.16. The smallest absolute Gasteiger partial charge is 0.171 e. The Bertz CT molecular complexity index is 642. The van der Waals surface area contributed by atoms with Gasteiger partial charge in [0.05, 0.1) is 23.8 Å². The maximum atomic E-state index is 6.13. The summed E-state index contributed by atoms with van der Waals surface area (Å²) in [5.74, 6) is 1.61. The molecule has 0 atom stereocenters. The monoisotopic (exact) mass is 387 g/mol. The van der Waals surface area contributed by atoms with Gasteiger partial charge in [0, 0.05) is 23.0 Å². The number of hydrogen-bond acceptors (Lipinski definition) is 5. The summed E-state index contributed by atoms with van der Waals surface area (Å²) < 4.78 is 7.15. The molecule has 0 saturated carbocycles. The lowest BCUT2D eigenvalue weighted by Crippen LogP contribution is -2.17. The van der Waals surface area contributed by atoms with Gasteiger partial charge in [-0.15, -0.1) is 11.3 Å². The molecule has 2 aromatic heterocycles. The molecule has 0 saturated heterocycles. The lowest BCUT2D eigenvalue weighted by molar-refractivity contribution is 0.109. The van der Waals surface area contributed by atoms with Crippen LogP contribution in [0.2, 0.25) is 4.34 Å². The van der Waals surface area contributed by atoms with Gasteiger partial charge in [0.15, 0.2) is 5.82 Å². The van der Waals surface area contributed by atoms with Crippen molar-refractivity contribution in [2.75, 3.05) is 18.5 Å². The number of nitrogens with one attached hydrogen (secondary N) is 1. The summed E-state index contributed by atoms with van der Waals surface area (Å²) in [4.78, 5) is 10.4. The number of ether oxygens (including phenoxy) is 1. The van der Waals surface area contributed by atoms with Crippen molar-refractivity contribution in [2.45, 2.75) is 26.4 Å². The van der Waals surface area contributed by atoms with Gasteiger partial charge in [0.2, 0.25) is 0 Å². The minimum Gasteiger partial charge on any atom is -0.376 e. The van der Waals surface area contributed by atoms with E-state index in [9.17, 15) is 0 Å². The Morgan fingerprint density at radius 1 is 1.48 bits per heavy atom. The summed E-state index contributed by atoms with van der Waals surface area (Å²) in [5, 5.41) is 3.38. The first-order valence-corrected chi connectivity index (χ1v) is 8.84. The van der Waals surface area contributed by atoms with Crippen LogP contribution in [0.5, 0.6) is 0 Å². The molecule has 0 amide bonds. The Morgan fingerprint density at radius 2 is 2.33 bits per heavy atom. The van der Waals surface area contributed by atoms with Crippen LogP contribution in [0.1, 0.15) is 24.6 Å². The van der Waals surface area contributed by atoms with E-state index in [4.69, 9.17) is 21.3 Å². The summed E-state index contributed by atoms with van der Waals surface area (Å²) >= 11 is 11.0. The molecule has 112 valence electrons. The Balaban J connectivity index is 2.04. The topological polar surface area (TPSA) is 47.0 Å². The van der Waals surface area contributed by atoms with Gasteiger partial charge in [-0.25, -0.2) is 9.97 Å². The summed E-state index contributed by atoms with van der Waals surface area (Å²) in [6.07, 6.45) is 1.87. The van der Waals surface area contributed by atoms with Crippen LogP contribution in [0.25, 0.3) is 10.7 Å². The molecule has 2 aromatic rings. The molecule has 1 N–H and O–H groups in total. The molecule has 3 rings (SSSR count). The van der Waals surface area contributed by atoms with Gasteiger partial charge in [-0.3, -0.25) is 0 Å². The number of anilines is 1. The number of hydrogen-bond donors (Lipinski definition) is 1. The minimum atomic E-state index is 0.580. The molecule has 4 nitrogen and oxygen atoms in total. The molecule has 1 aliphatic heterocycles. The van der Waals surface area contributed by atoms with Gasteiger partial charge >= 0.3 is 0 Å². The predicted molar refractivity (Wildman–Crippen MR) is 90.2 cm³/mol. The van der Waals surface area contributed by atoms with Crippen molar-refractivity contribution in [3.05, 3.63) is 26.1 Å². The van der Waals surface area contributed by atoms with E-state index in [0.717, 1.165) is 56.0 Å². The molecule has 0 aliphatic carbocycles. The summed E-state index contributed by atoms with van der Waals surface area (Å²) in [6.45, 7) is 4.31. The molecule has 3 heterocycles. The highest BCUT2D eigenvalue weighted by atomic mass is 79.9. The standard InChI is InChI=1S/C14H15BrClN3OS/c1-2-4-17-13-8-7-20-5-3-10(8)18-14(19-13)11-6-9(15)12(16)21-11/h6H,2-5,7H2,1H3,(H,17,18,19). The number of fused-ring (bicyclic) bond motifs is 1. The lowest BCUT2D eigenvalue weighted by atomic mass is 10.1. The van der Waals surface area contributed by atoms with Crippen LogP contribution < -0.4 is 5.32 Å². The molecular formula is C14H15BrClN3OS. The van der Waals surface area contributed by atoms with E-state index in [0.29, 0.717) is 13.2 Å². The predicted octanol–water partition coefficient (Wildman–Crippen LogP) is 4.52. The number of nitrogens with zero attached hydrogens (tertiary/aromatic N) is 2. The Kier molecular flexibility index (Phi) is 4.78. The van der Waals surface area contributed by atoms with E-state index in [-0.39, 0.29) is 0 Å². The van der Waals surface area contributed by atoms with Crippen molar-refractivity contribution in [3.63, 3.8) is 0 Å². The second kappa shape index (κ2) is 6.60. The average molecular weight is 389 g/mol. The zero-order chi connectivity index (χ0) is 14.8. The van der Waals surface area contributed by atoms with E-state index in [1.165, 1.54) is 11.3 Å². The van der Waals surface area contributed by atoms with Crippen molar-refractivity contribution in [2.24, 2.45) is 0 Å². The minimum absolute atomic E-state index is 0.580. The first-order valence-electron chi connectivity index (χ1n) is 6.85. The third kappa shape index (κ3) is 3.23. The van der Waals surface area contributed by atoms with Crippen molar-refractivity contribution in [1.82, 2.24) is 9.97 Å². The third-order valence-corrected chi connectivity index (χ3v) is 5.70. The zero-order valence-electron chi connectivity index (χ0n) is 11.6. The van der Waals surface area contributed by atoms with Gasteiger partial charge < -0.3 is 10.1 Å². The quantitative estimate of drug-likeness (QED) is 0.837. The van der Waals surface area contributed by atoms with E-state index in [1.807, 2.05) is 6.07 Å². The number of rotatable bonds is 4. The van der Waals surface area contributed by atoms with Crippen LogP contribution in [-0.2, 0) is 17.8 Å². The molecule has 0 spiro atoms. The number of thiophene rings is 1. The van der Waals surface area contributed by atoms with Crippen LogP contribution in [0, 0.1) is 0 Å². The third-order valence-electron chi connectivity index (χ3n) is 3.23. The van der Waals surface area contributed by atoms with Crippen molar-refractivity contribution in [1.29, 1.82) is 0 Å². The highest BCUT2D eigenvalue weighted by Crippen LogP contribution is 2.37. The van der Waals surface area contributed by atoms with Gasteiger partial charge in [0.1, 0.15) is 10.2 Å². The molecule has 0 radical (unpaired) electrons. The fourth-order valence-electron chi connectivity index (χ4n) is 2.19. The van der Waals surface area contributed by atoms with Crippen LogP contribution >= 0.6 is 38.9 Å². The van der Waals surface area contributed by atoms with E-state index in [2.05, 4.69) is 33.2 Å². The van der Waals surface area contributed by atoms with Crippen LogP contribution in [0.4, 0.5) is 5.82 Å². The summed E-state index contributed by atoms with van der Waals surface area (Å²) in [7, 11) is 0. The molecule has 0 aromatic carbocycles. The first kappa shape index (κ1) is 15.2. The Labute approximate surface area is 141 Å². The van der Waals surface area contributed by atoms with E-state index >= 15 is 0 Å². The highest BCUT2D eigenvalue weighted by Gasteiger charge is 2.20. The largest absolute Gasteiger partial charge is 0.376 e. The Morgan fingerprint density at radius 3 is 3.05 bits per heavy atom. The normalized spacial score (nSPS) is 14.0. The van der Waals surface area contributed by atoms with Gasteiger partial charge in [-0.2, -0.15) is 0 Å². The van der Waals surface area contributed by atoms with E-state index < -0.39 is 0 Å². The van der Waals surface area contributed by atoms with Crippen molar-refractivity contribution in [3.8, 4) is 10.7 Å². The van der Waals surface area contributed by atoms with Gasteiger partial charge in [0.25, 0.3) is 0 Å². The van der Waals surface area contributed by atoms with Crippen molar-refractivity contribution >= 4 is 44.7 Å². The van der Waals surface area contributed by atoms with Gasteiger partial charge in [-0.1, -0.05) is 18.5 Å². The molecule has 21 heavy (non-hydrogen) atoms. The fourth-order valence-corrected chi connectivity index (χ4v) is 3.82. The zero-order valence-corrected chi connectivity index (χ0v) is 14.7. The Hall–Kier alpha value is -0.690. The second-order valence-electron chi connectivity index (χ2n) is 4.78. The van der Waals surface area contributed by atoms with E-state index in [1.54, 1.807) is 0 Å². The van der Waals surface area contributed by atoms with Gasteiger partial charge in [-0.05, 0) is 28.4 Å². The SMILES string of the molecule is CCCNc1nc(-c2cc(Br)c(Cl)s2)nc2c1COCC2. The molecular weight excluding hydrogens is 374 g/mol. The second-order valence-corrected chi connectivity index (χ2v) is 7.29. The number of aromatic nitrogens is 2. The number of halogens is 2. The summed E-state index contributed by atoms with van der Waals surface area (Å²) in [6, 6.07) is 1.97. The van der Waals surface area contributed by atoms with Crippen LogP contribution in [0.15, 0.2) is 10.5 Å². The van der Waals surface area contributed by atoms with Crippen LogP contribution in [-0.4, -0.2) is 23.1 Å². The van der Waals surface area contributed by atoms with Crippen LogP contribution in [0.3, 0.4) is 0 Å². The highest BCUT2D eigenvalue weighted by molar-refractivity contribution is 9.10. The average Bonchev–Trinajstić information content (AvgIpc) is 2.84. The molecule has 7 heteroatoms. The van der Waals surface area contributed by atoms with Crippen molar-refractivity contribution < 1.29 is 4.74 Å². The molecule has 0 fully saturated rings.